The molecule has 6 heteroatoms. The van der Waals surface area contributed by atoms with Crippen molar-refractivity contribution in [2.45, 2.75) is 44.7 Å². The number of carbonyl (C=O) groups is 2. The number of carbonyl (C=O) groups excluding carboxylic acids is 2. The fourth-order valence-electron chi connectivity index (χ4n) is 3.48. The Morgan fingerprint density at radius 1 is 1.00 bits per heavy atom. The zero-order valence-corrected chi connectivity index (χ0v) is 15.4. The summed E-state index contributed by atoms with van der Waals surface area (Å²) in [5.41, 5.74) is 7.24. The molecule has 2 aromatic rings. The number of hydrogen-bond acceptors (Lipinski definition) is 4. The molecule has 1 fully saturated rings. The summed E-state index contributed by atoms with van der Waals surface area (Å²) in [4.78, 5) is 29.0. The number of rotatable bonds is 7. The molecular formula is C21H26N4O2. The van der Waals surface area contributed by atoms with E-state index < -0.39 is 6.04 Å². The molecule has 1 aliphatic carbocycles. The molecule has 0 aliphatic heterocycles. The van der Waals surface area contributed by atoms with Gasteiger partial charge in [0.15, 0.2) is 0 Å². The van der Waals surface area contributed by atoms with Crippen LogP contribution in [0.15, 0.2) is 54.9 Å². The lowest BCUT2D eigenvalue weighted by Gasteiger charge is -2.30. The molecule has 1 aromatic heterocycles. The fraction of sp³-hybridized carbons (Fsp3) is 0.381. The van der Waals surface area contributed by atoms with Crippen molar-refractivity contribution in [3.63, 3.8) is 0 Å². The van der Waals surface area contributed by atoms with E-state index in [1.807, 2.05) is 30.3 Å². The quantitative estimate of drug-likeness (QED) is 0.658. The van der Waals surface area contributed by atoms with Gasteiger partial charge in [-0.25, -0.2) is 5.43 Å². The summed E-state index contributed by atoms with van der Waals surface area (Å²) in [5.74, 6) is -0.137. The first kappa shape index (κ1) is 19.0. The third kappa shape index (κ3) is 5.62. The van der Waals surface area contributed by atoms with Crippen molar-refractivity contribution in [3.05, 3.63) is 66.0 Å². The van der Waals surface area contributed by atoms with Crippen molar-refractivity contribution in [1.82, 2.24) is 21.2 Å². The summed E-state index contributed by atoms with van der Waals surface area (Å²) in [6, 6.07) is 12.7. The summed E-state index contributed by atoms with van der Waals surface area (Å²) in [7, 11) is 0. The molecule has 3 rings (SSSR count). The second-order valence-corrected chi connectivity index (χ2v) is 6.91. The molecule has 2 amide bonds. The van der Waals surface area contributed by atoms with E-state index in [2.05, 4.69) is 21.2 Å². The van der Waals surface area contributed by atoms with Crippen LogP contribution in [0.4, 0.5) is 0 Å². The van der Waals surface area contributed by atoms with Gasteiger partial charge in [0.1, 0.15) is 6.04 Å². The first-order valence-electron chi connectivity index (χ1n) is 9.51. The number of hydrazine groups is 1. The second-order valence-electron chi connectivity index (χ2n) is 6.91. The molecule has 0 bridgehead atoms. The molecule has 0 radical (unpaired) electrons. The average Bonchev–Trinajstić information content (AvgIpc) is 2.74. The number of pyridine rings is 1. The van der Waals surface area contributed by atoms with Crippen molar-refractivity contribution >= 4 is 11.8 Å². The van der Waals surface area contributed by atoms with Gasteiger partial charge >= 0.3 is 0 Å². The lowest BCUT2D eigenvalue weighted by molar-refractivity contribution is -0.125. The minimum Gasteiger partial charge on any atom is -0.351 e. The Morgan fingerprint density at radius 2 is 1.70 bits per heavy atom. The van der Waals surface area contributed by atoms with E-state index in [-0.39, 0.29) is 17.7 Å². The summed E-state index contributed by atoms with van der Waals surface area (Å²) in [5, 5.41) is 3.00. The van der Waals surface area contributed by atoms with E-state index in [0.29, 0.717) is 12.1 Å². The van der Waals surface area contributed by atoms with Gasteiger partial charge in [-0.3, -0.25) is 20.0 Å². The van der Waals surface area contributed by atoms with Crippen LogP contribution < -0.4 is 16.2 Å². The lowest BCUT2D eigenvalue weighted by atomic mass is 9.83. The maximum absolute atomic E-state index is 12.8. The molecular weight excluding hydrogens is 340 g/mol. The van der Waals surface area contributed by atoms with Crippen molar-refractivity contribution in [1.29, 1.82) is 0 Å². The van der Waals surface area contributed by atoms with Gasteiger partial charge < -0.3 is 5.32 Å². The monoisotopic (exact) mass is 366 g/mol. The van der Waals surface area contributed by atoms with Gasteiger partial charge in [-0.2, -0.15) is 0 Å². The molecule has 27 heavy (non-hydrogen) atoms. The second kappa shape index (κ2) is 9.83. The van der Waals surface area contributed by atoms with Crippen molar-refractivity contribution < 1.29 is 9.59 Å². The number of nitrogens with one attached hydrogen (secondary N) is 3. The molecule has 1 atom stereocenters. The van der Waals surface area contributed by atoms with Crippen molar-refractivity contribution in [2.75, 3.05) is 0 Å². The largest absolute Gasteiger partial charge is 0.351 e. The number of amides is 2. The van der Waals surface area contributed by atoms with Crippen LogP contribution in [0.3, 0.4) is 0 Å². The van der Waals surface area contributed by atoms with Gasteiger partial charge in [-0.05, 0) is 36.5 Å². The molecule has 1 saturated carbocycles. The molecule has 0 saturated heterocycles. The Hall–Kier alpha value is -2.73. The third-order valence-electron chi connectivity index (χ3n) is 5.00. The van der Waals surface area contributed by atoms with Gasteiger partial charge in [0.25, 0.3) is 5.91 Å². The average molecular weight is 366 g/mol. The number of benzene rings is 1. The third-order valence-corrected chi connectivity index (χ3v) is 5.00. The Kier molecular flexibility index (Phi) is 6.93. The van der Waals surface area contributed by atoms with Crippen LogP contribution in [0.2, 0.25) is 0 Å². The lowest BCUT2D eigenvalue weighted by Crippen LogP contribution is -2.55. The molecule has 142 valence electrons. The van der Waals surface area contributed by atoms with Crippen LogP contribution in [0.1, 0.15) is 48.0 Å². The number of aromatic nitrogens is 1. The summed E-state index contributed by atoms with van der Waals surface area (Å²) >= 11 is 0. The standard InChI is InChI=1S/C21H26N4O2/c26-20(18-11-13-22-14-12-18)25-24-19(17-9-5-2-6-10-17)21(27)23-15-16-7-3-1-4-8-16/h1,3-4,7-8,11-14,17,19,24H,2,5-6,9-10,15H2,(H,23,27)(H,25,26)/t19-/m1/s1. The molecule has 1 aliphatic rings. The zero-order valence-electron chi connectivity index (χ0n) is 15.4. The van der Waals surface area contributed by atoms with E-state index in [1.54, 1.807) is 24.5 Å². The van der Waals surface area contributed by atoms with E-state index in [0.717, 1.165) is 31.2 Å². The van der Waals surface area contributed by atoms with Gasteiger partial charge in [-0.15, -0.1) is 0 Å². The maximum Gasteiger partial charge on any atom is 0.265 e. The smallest absolute Gasteiger partial charge is 0.265 e. The zero-order chi connectivity index (χ0) is 18.9. The Labute approximate surface area is 159 Å². The van der Waals surface area contributed by atoms with E-state index >= 15 is 0 Å². The van der Waals surface area contributed by atoms with Gasteiger partial charge in [0, 0.05) is 24.5 Å². The van der Waals surface area contributed by atoms with Crippen LogP contribution in [0, 0.1) is 5.92 Å². The fourth-order valence-corrected chi connectivity index (χ4v) is 3.48. The van der Waals surface area contributed by atoms with Crippen LogP contribution in [-0.2, 0) is 11.3 Å². The topological polar surface area (TPSA) is 83.1 Å². The number of nitrogens with zero attached hydrogens (tertiary/aromatic N) is 1. The van der Waals surface area contributed by atoms with Gasteiger partial charge in [0.2, 0.25) is 5.91 Å². The summed E-state index contributed by atoms with van der Waals surface area (Å²) in [6.45, 7) is 0.475. The Bertz CT molecular complexity index is 730. The minimum atomic E-state index is -0.445. The SMILES string of the molecule is O=C(NN[C@@H](C(=O)NCc1ccccc1)C1CCCCC1)c1ccncc1. The predicted molar refractivity (Wildman–Crippen MR) is 103 cm³/mol. The number of hydrogen-bond donors (Lipinski definition) is 3. The van der Waals surface area contributed by atoms with E-state index in [9.17, 15) is 9.59 Å². The van der Waals surface area contributed by atoms with E-state index in [4.69, 9.17) is 0 Å². The molecule has 1 aromatic carbocycles. The van der Waals surface area contributed by atoms with Crippen LogP contribution in [0.5, 0.6) is 0 Å². The molecule has 6 nitrogen and oxygen atoms in total. The molecule has 0 spiro atoms. The van der Waals surface area contributed by atoms with Crippen LogP contribution in [0.25, 0.3) is 0 Å². The molecule has 1 heterocycles. The predicted octanol–water partition coefficient (Wildman–Crippen LogP) is 2.58. The maximum atomic E-state index is 12.8. The Balaban J connectivity index is 1.61. The summed E-state index contributed by atoms with van der Waals surface area (Å²) in [6.07, 6.45) is 8.56. The van der Waals surface area contributed by atoms with Crippen LogP contribution in [-0.4, -0.2) is 22.8 Å². The summed E-state index contributed by atoms with van der Waals surface area (Å²) < 4.78 is 0. The van der Waals surface area contributed by atoms with Crippen molar-refractivity contribution in [2.24, 2.45) is 5.92 Å². The van der Waals surface area contributed by atoms with E-state index in [1.165, 1.54) is 6.42 Å². The highest BCUT2D eigenvalue weighted by atomic mass is 16.2. The Morgan fingerprint density at radius 3 is 2.41 bits per heavy atom. The normalized spacial score (nSPS) is 15.7. The highest BCUT2D eigenvalue weighted by Gasteiger charge is 2.29. The van der Waals surface area contributed by atoms with Crippen molar-refractivity contribution in [3.8, 4) is 0 Å². The van der Waals surface area contributed by atoms with Gasteiger partial charge in [-0.1, -0.05) is 49.6 Å². The highest BCUT2D eigenvalue weighted by molar-refractivity contribution is 5.94. The molecule has 3 N–H and O–H groups in total. The molecule has 0 unspecified atom stereocenters. The van der Waals surface area contributed by atoms with Crippen LogP contribution >= 0.6 is 0 Å². The minimum absolute atomic E-state index is 0.0826. The highest BCUT2D eigenvalue weighted by Crippen LogP contribution is 2.26. The first-order chi connectivity index (χ1) is 13.2. The first-order valence-corrected chi connectivity index (χ1v) is 9.51. The van der Waals surface area contributed by atoms with Gasteiger partial charge in [0.05, 0.1) is 0 Å².